The molecule has 0 saturated carbocycles. The Bertz CT molecular complexity index is 1720. The van der Waals surface area contributed by atoms with Crippen LogP contribution >= 0.6 is 0 Å². The highest BCUT2D eigenvalue weighted by Gasteiger charge is 2.41. The number of rotatable bonds is 20. The minimum atomic E-state index is -0.696. The fraction of sp³-hybridized carbons (Fsp3) is 0.222. The maximum absolute atomic E-state index is 14.3. The highest BCUT2D eigenvalue weighted by atomic mass is 16.6. The number of carbonyl (C=O) groups excluding carboxylic acids is 1. The minimum absolute atomic E-state index is 0.130. The van der Waals surface area contributed by atoms with E-state index in [-0.39, 0.29) is 19.8 Å². The molecule has 0 spiro atoms. The lowest BCUT2D eigenvalue weighted by Gasteiger charge is -2.41. The minimum Gasteiger partial charge on any atom is -0.445 e. The van der Waals surface area contributed by atoms with E-state index in [1.54, 1.807) is 11.0 Å². The van der Waals surface area contributed by atoms with E-state index < -0.39 is 30.4 Å². The molecule has 0 aliphatic rings. The monoisotopic (exact) mass is 681 g/mol. The Morgan fingerprint density at radius 1 is 0.529 bits per heavy atom. The lowest BCUT2D eigenvalue weighted by Crippen LogP contribution is -2.55. The molecule has 0 heterocycles. The van der Waals surface area contributed by atoms with Crippen LogP contribution in [0.3, 0.4) is 0 Å². The summed E-state index contributed by atoms with van der Waals surface area (Å²) in [4.78, 5) is 16.0. The van der Waals surface area contributed by atoms with Gasteiger partial charge in [-0.25, -0.2) is 4.79 Å². The van der Waals surface area contributed by atoms with Crippen LogP contribution in [-0.4, -0.2) is 35.3 Å². The summed E-state index contributed by atoms with van der Waals surface area (Å²) in [6.07, 6.45) is 1.54. The van der Waals surface area contributed by atoms with E-state index in [4.69, 9.17) is 18.9 Å². The number of carbonyl (C=O) groups is 1. The molecule has 0 radical (unpaired) electrons. The normalized spacial score (nSPS) is 13.3. The van der Waals surface area contributed by atoms with E-state index in [2.05, 4.69) is 13.2 Å². The second-order valence-corrected chi connectivity index (χ2v) is 12.3. The molecule has 0 unspecified atom stereocenters. The van der Waals surface area contributed by atoms with Gasteiger partial charge in [-0.15, -0.1) is 13.2 Å². The van der Waals surface area contributed by atoms with E-state index in [0.717, 1.165) is 27.8 Å². The van der Waals surface area contributed by atoms with Gasteiger partial charge in [-0.1, -0.05) is 164 Å². The third-order valence-electron chi connectivity index (χ3n) is 8.56. The zero-order valence-electron chi connectivity index (χ0n) is 29.0. The zero-order valence-corrected chi connectivity index (χ0v) is 29.0. The lowest BCUT2D eigenvalue weighted by molar-refractivity contribution is -0.158. The van der Waals surface area contributed by atoms with Gasteiger partial charge in [0, 0.05) is 6.54 Å². The van der Waals surface area contributed by atoms with Crippen molar-refractivity contribution in [2.24, 2.45) is 0 Å². The Balaban J connectivity index is 1.54. The van der Waals surface area contributed by atoms with Gasteiger partial charge in [0.1, 0.15) is 24.9 Å². The van der Waals surface area contributed by atoms with E-state index in [1.807, 2.05) is 158 Å². The van der Waals surface area contributed by atoms with Gasteiger partial charge >= 0.3 is 6.09 Å². The number of benzene rings is 5. The Kier molecular flexibility index (Phi) is 14.8. The summed E-state index contributed by atoms with van der Waals surface area (Å²) in [6, 6.07) is 49.0. The molecule has 0 fully saturated rings. The third-order valence-corrected chi connectivity index (χ3v) is 8.56. The summed E-state index contributed by atoms with van der Waals surface area (Å²) in [7, 11) is 0. The number of ether oxygens (including phenoxy) is 4. The van der Waals surface area contributed by atoms with Gasteiger partial charge in [-0.3, -0.25) is 4.90 Å². The fourth-order valence-electron chi connectivity index (χ4n) is 5.91. The Morgan fingerprint density at radius 3 is 1.35 bits per heavy atom. The summed E-state index contributed by atoms with van der Waals surface area (Å²) < 4.78 is 26.3. The summed E-state index contributed by atoms with van der Waals surface area (Å²) >= 11 is 0. The van der Waals surface area contributed by atoms with Gasteiger partial charge in [-0.2, -0.15) is 0 Å². The van der Waals surface area contributed by atoms with Crippen molar-refractivity contribution < 1.29 is 23.7 Å². The standard InChI is InChI=1S/C45H47NO5/c1-3-20-41(46(31-36-21-10-5-11-22-36)45(47)51-35-40-29-18-9-19-30-40)43(49-33-38-25-14-7-15-26-38)44(50-34-39-27-16-8-17-28-39)42(4-2)48-32-37-23-12-6-13-24-37/h3-19,21-30,41-44H,1-2,20,31-35H2/t41-,42-,43+,44-/m1/s1. The van der Waals surface area contributed by atoms with Crippen molar-refractivity contribution in [1.29, 1.82) is 0 Å². The van der Waals surface area contributed by atoms with Crippen LogP contribution in [0.1, 0.15) is 34.2 Å². The van der Waals surface area contributed by atoms with Crippen molar-refractivity contribution in [1.82, 2.24) is 4.90 Å². The molecule has 0 aromatic heterocycles. The molecule has 51 heavy (non-hydrogen) atoms. The first-order valence-corrected chi connectivity index (χ1v) is 17.4. The van der Waals surface area contributed by atoms with Gasteiger partial charge in [0.2, 0.25) is 0 Å². The molecule has 0 aliphatic heterocycles. The molecule has 6 heteroatoms. The van der Waals surface area contributed by atoms with Crippen molar-refractivity contribution in [3.63, 3.8) is 0 Å². The second-order valence-electron chi connectivity index (χ2n) is 12.3. The van der Waals surface area contributed by atoms with Crippen LogP contribution in [-0.2, 0) is 51.9 Å². The van der Waals surface area contributed by atoms with E-state index in [9.17, 15) is 4.79 Å². The van der Waals surface area contributed by atoms with Crippen LogP contribution in [0, 0.1) is 0 Å². The number of hydrogen-bond acceptors (Lipinski definition) is 5. The van der Waals surface area contributed by atoms with Crippen molar-refractivity contribution in [3.8, 4) is 0 Å². The third kappa shape index (κ3) is 11.6. The summed E-state index contributed by atoms with van der Waals surface area (Å²) in [5, 5.41) is 0. The molecule has 0 saturated heterocycles. The second kappa shape index (κ2) is 20.4. The van der Waals surface area contributed by atoms with Gasteiger partial charge in [0.15, 0.2) is 0 Å². The molecule has 1 amide bonds. The smallest absolute Gasteiger partial charge is 0.410 e. The van der Waals surface area contributed by atoms with Crippen LogP contribution in [0.5, 0.6) is 0 Å². The van der Waals surface area contributed by atoms with Crippen LogP contribution < -0.4 is 0 Å². The first-order valence-electron chi connectivity index (χ1n) is 17.4. The Morgan fingerprint density at radius 2 is 0.922 bits per heavy atom. The molecule has 5 rings (SSSR count). The average Bonchev–Trinajstić information content (AvgIpc) is 3.19. The molecular formula is C45H47NO5. The number of hydrogen-bond donors (Lipinski definition) is 0. The van der Waals surface area contributed by atoms with E-state index >= 15 is 0 Å². The SMILES string of the molecule is C=CC[C@H]([C@H](OCc1ccccc1)[C@H](OCc1ccccc1)[C@@H](C=C)OCc1ccccc1)N(Cc1ccccc1)C(=O)OCc1ccccc1. The van der Waals surface area contributed by atoms with Gasteiger partial charge in [0.05, 0.1) is 25.9 Å². The van der Waals surface area contributed by atoms with Crippen molar-refractivity contribution >= 4 is 6.09 Å². The Hall–Kier alpha value is -5.27. The number of nitrogens with zero attached hydrogens (tertiary/aromatic N) is 1. The van der Waals surface area contributed by atoms with Gasteiger partial charge < -0.3 is 18.9 Å². The van der Waals surface area contributed by atoms with Gasteiger partial charge in [-0.05, 0) is 34.2 Å². The molecule has 5 aromatic carbocycles. The van der Waals surface area contributed by atoms with Crippen molar-refractivity contribution in [2.45, 2.75) is 63.7 Å². The van der Waals surface area contributed by atoms with Crippen molar-refractivity contribution in [3.05, 3.63) is 205 Å². The Labute approximate surface area is 302 Å². The molecule has 6 nitrogen and oxygen atoms in total. The highest BCUT2D eigenvalue weighted by Crippen LogP contribution is 2.28. The quantitative estimate of drug-likeness (QED) is 0.0766. The summed E-state index contributed by atoms with van der Waals surface area (Å²) in [5.41, 5.74) is 4.85. The molecule has 5 aromatic rings. The van der Waals surface area contributed by atoms with Crippen LogP contribution in [0.25, 0.3) is 0 Å². The molecule has 0 bridgehead atoms. The molecule has 0 N–H and O–H groups in total. The van der Waals surface area contributed by atoms with Crippen LogP contribution in [0.15, 0.2) is 177 Å². The van der Waals surface area contributed by atoms with Crippen LogP contribution in [0.2, 0.25) is 0 Å². The average molecular weight is 682 g/mol. The number of amides is 1. The van der Waals surface area contributed by atoms with E-state index in [0.29, 0.717) is 19.6 Å². The van der Waals surface area contributed by atoms with Crippen molar-refractivity contribution in [2.75, 3.05) is 0 Å². The topological polar surface area (TPSA) is 57.2 Å². The largest absolute Gasteiger partial charge is 0.445 e. The predicted molar refractivity (Wildman–Crippen MR) is 202 cm³/mol. The lowest BCUT2D eigenvalue weighted by atomic mass is 9.95. The van der Waals surface area contributed by atoms with E-state index in [1.165, 1.54) is 0 Å². The maximum Gasteiger partial charge on any atom is 0.410 e. The summed E-state index contributed by atoms with van der Waals surface area (Å²) in [5.74, 6) is 0. The zero-order chi connectivity index (χ0) is 35.5. The molecule has 0 aliphatic carbocycles. The summed E-state index contributed by atoms with van der Waals surface area (Å²) in [6.45, 7) is 9.63. The molecule has 262 valence electrons. The highest BCUT2D eigenvalue weighted by molar-refractivity contribution is 5.68. The van der Waals surface area contributed by atoms with Gasteiger partial charge in [0.25, 0.3) is 0 Å². The predicted octanol–water partition coefficient (Wildman–Crippen LogP) is 9.71. The first-order chi connectivity index (χ1) is 25.1. The first kappa shape index (κ1) is 37.0. The maximum atomic E-state index is 14.3. The molecular weight excluding hydrogens is 634 g/mol. The molecule has 4 atom stereocenters. The fourth-order valence-corrected chi connectivity index (χ4v) is 5.91. The van der Waals surface area contributed by atoms with Crippen LogP contribution in [0.4, 0.5) is 4.79 Å².